The number of nitrogens with two attached hydrogens (primary N) is 1. The second-order valence-electron chi connectivity index (χ2n) is 4.46. The molecule has 1 unspecified atom stereocenters. The van der Waals surface area contributed by atoms with Crippen LogP contribution in [0.5, 0.6) is 0 Å². The Morgan fingerprint density at radius 1 is 1.20 bits per heavy atom. The molecule has 0 bridgehead atoms. The Balaban J connectivity index is 1.87. The first-order chi connectivity index (χ1) is 7.35. The van der Waals surface area contributed by atoms with E-state index >= 15 is 0 Å². The van der Waals surface area contributed by atoms with Gasteiger partial charge in [-0.15, -0.1) is 0 Å². The highest BCUT2D eigenvalue weighted by Gasteiger charge is 2.35. The van der Waals surface area contributed by atoms with Crippen LogP contribution in [-0.4, -0.2) is 44.7 Å². The first-order valence-corrected chi connectivity index (χ1v) is 5.88. The van der Waals surface area contributed by atoms with Crippen molar-refractivity contribution in [3.05, 3.63) is 0 Å². The van der Waals surface area contributed by atoms with Gasteiger partial charge < -0.3 is 19.9 Å². The van der Waals surface area contributed by atoms with Gasteiger partial charge in [0.25, 0.3) is 0 Å². The van der Waals surface area contributed by atoms with Gasteiger partial charge in [0.15, 0.2) is 0 Å². The molecule has 0 aromatic carbocycles. The highest BCUT2D eigenvalue weighted by atomic mass is 16.6. The minimum Gasteiger partial charge on any atom is -0.381 e. The topological polar surface area (TPSA) is 53.7 Å². The molecule has 1 atom stereocenters. The first-order valence-electron chi connectivity index (χ1n) is 5.88. The first kappa shape index (κ1) is 11.3. The second kappa shape index (κ2) is 5.25. The lowest BCUT2D eigenvalue weighted by Gasteiger charge is -2.40. The summed E-state index contributed by atoms with van der Waals surface area (Å²) in [5.41, 5.74) is 5.68. The van der Waals surface area contributed by atoms with Crippen LogP contribution in [0, 0.1) is 0 Å². The van der Waals surface area contributed by atoms with Crippen LogP contribution in [-0.2, 0) is 14.2 Å². The van der Waals surface area contributed by atoms with Crippen LogP contribution in [0.25, 0.3) is 0 Å². The van der Waals surface area contributed by atoms with Gasteiger partial charge in [-0.1, -0.05) is 0 Å². The SMILES string of the molecule is NCC1(OC2CCCOC2)CCOCC1. The van der Waals surface area contributed by atoms with E-state index < -0.39 is 0 Å². The summed E-state index contributed by atoms with van der Waals surface area (Å²) in [5.74, 6) is 0. The van der Waals surface area contributed by atoms with Crippen molar-refractivity contribution in [1.29, 1.82) is 0 Å². The molecular formula is C11H21NO3. The molecule has 15 heavy (non-hydrogen) atoms. The molecule has 0 aromatic heterocycles. The van der Waals surface area contributed by atoms with Gasteiger partial charge in [0.1, 0.15) is 0 Å². The van der Waals surface area contributed by atoms with Gasteiger partial charge in [0.2, 0.25) is 0 Å². The van der Waals surface area contributed by atoms with E-state index in [0.717, 1.165) is 52.1 Å². The van der Waals surface area contributed by atoms with Gasteiger partial charge in [-0.05, 0) is 12.8 Å². The predicted molar refractivity (Wildman–Crippen MR) is 56.8 cm³/mol. The normalized spacial score (nSPS) is 31.4. The maximum Gasteiger partial charge on any atom is 0.0852 e. The van der Waals surface area contributed by atoms with Crippen molar-refractivity contribution in [2.75, 3.05) is 33.0 Å². The zero-order valence-electron chi connectivity index (χ0n) is 9.24. The quantitative estimate of drug-likeness (QED) is 0.752. The Hall–Kier alpha value is -0.160. The van der Waals surface area contributed by atoms with Crippen molar-refractivity contribution in [1.82, 2.24) is 0 Å². The molecule has 4 heteroatoms. The van der Waals surface area contributed by atoms with Gasteiger partial charge in [-0.2, -0.15) is 0 Å². The molecular weight excluding hydrogens is 194 g/mol. The van der Waals surface area contributed by atoms with Crippen LogP contribution in [0.4, 0.5) is 0 Å². The molecule has 0 radical (unpaired) electrons. The molecule has 2 aliphatic heterocycles. The van der Waals surface area contributed by atoms with Crippen LogP contribution >= 0.6 is 0 Å². The van der Waals surface area contributed by atoms with E-state index in [1.807, 2.05) is 0 Å². The summed E-state index contributed by atoms with van der Waals surface area (Å²) < 4.78 is 16.9. The lowest BCUT2D eigenvalue weighted by Crippen LogP contribution is -2.49. The maximum absolute atomic E-state index is 6.14. The summed E-state index contributed by atoms with van der Waals surface area (Å²) in [6.45, 7) is 3.73. The summed E-state index contributed by atoms with van der Waals surface area (Å²) in [6.07, 6.45) is 4.27. The van der Waals surface area contributed by atoms with Gasteiger partial charge in [0.05, 0.1) is 18.3 Å². The summed E-state index contributed by atoms with van der Waals surface area (Å²) in [7, 11) is 0. The Labute approximate surface area is 91.1 Å². The van der Waals surface area contributed by atoms with Gasteiger partial charge in [-0.3, -0.25) is 0 Å². The number of hydrogen-bond acceptors (Lipinski definition) is 4. The van der Waals surface area contributed by atoms with E-state index in [-0.39, 0.29) is 11.7 Å². The van der Waals surface area contributed by atoms with Crippen molar-refractivity contribution >= 4 is 0 Å². The fourth-order valence-electron chi connectivity index (χ4n) is 2.27. The summed E-state index contributed by atoms with van der Waals surface area (Å²) in [6, 6.07) is 0. The van der Waals surface area contributed by atoms with E-state index in [0.29, 0.717) is 6.54 Å². The number of hydrogen-bond donors (Lipinski definition) is 1. The minimum atomic E-state index is -0.149. The predicted octanol–water partition coefficient (Wildman–Crippen LogP) is 0.690. The summed E-state index contributed by atoms with van der Waals surface area (Å²) in [5, 5.41) is 0. The minimum absolute atomic E-state index is 0.149. The van der Waals surface area contributed by atoms with E-state index in [1.54, 1.807) is 0 Å². The average Bonchev–Trinajstić information content (AvgIpc) is 2.32. The molecule has 4 nitrogen and oxygen atoms in total. The van der Waals surface area contributed by atoms with Crippen LogP contribution < -0.4 is 5.73 Å². The third-order valence-corrected chi connectivity index (χ3v) is 3.31. The van der Waals surface area contributed by atoms with Crippen LogP contribution in [0.3, 0.4) is 0 Å². The van der Waals surface area contributed by atoms with Gasteiger partial charge >= 0.3 is 0 Å². The maximum atomic E-state index is 6.14. The van der Waals surface area contributed by atoms with Crippen molar-refractivity contribution in [3.8, 4) is 0 Å². The molecule has 0 aliphatic carbocycles. The Kier molecular flexibility index (Phi) is 3.97. The van der Waals surface area contributed by atoms with Gasteiger partial charge in [-0.25, -0.2) is 0 Å². The smallest absolute Gasteiger partial charge is 0.0852 e. The largest absolute Gasteiger partial charge is 0.381 e. The third-order valence-electron chi connectivity index (χ3n) is 3.31. The summed E-state index contributed by atoms with van der Waals surface area (Å²) in [4.78, 5) is 0. The Morgan fingerprint density at radius 2 is 2.00 bits per heavy atom. The molecule has 0 aromatic rings. The molecule has 2 heterocycles. The molecule has 0 amide bonds. The zero-order valence-corrected chi connectivity index (χ0v) is 9.24. The van der Waals surface area contributed by atoms with Crippen LogP contribution in [0.1, 0.15) is 25.7 Å². The van der Waals surface area contributed by atoms with Crippen LogP contribution in [0.15, 0.2) is 0 Å². The molecule has 88 valence electrons. The molecule has 2 rings (SSSR count). The molecule has 0 spiro atoms. The molecule has 2 N–H and O–H groups in total. The number of rotatable bonds is 3. The van der Waals surface area contributed by atoms with Crippen molar-refractivity contribution in [2.45, 2.75) is 37.4 Å². The standard InChI is InChI=1S/C11H21NO3/c12-9-11(3-6-13-7-4-11)15-10-2-1-5-14-8-10/h10H,1-9,12H2. The fourth-order valence-corrected chi connectivity index (χ4v) is 2.27. The summed E-state index contributed by atoms with van der Waals surface area (Å²) >= 11 is 0. The fraction of sp³-hybridized carbons (Fsp3) is 1.00. The second-order valence-corrected chi connectivity index (χ2v) is 4.46. The lowest BCUT2D eigenvalue weighted by atomic mass is 9.93. The Bertz CT molecular complexity index is 186. The highest BCUT2D eigenvalue weighted by molar-refractivity contribution is 4.86. The highest BCUT2D eigenvalue weighted by Crippen LogP contribution is 2.27. The molecule has 2 fully saturated rings. The third kappa shape index (κ3) is 2.91. The zero-order chi connectivity index (χ0) is 10.6. The molecule has 2 aliphatic rings. The van der Waals surface area contributed by atoms with E-state index in [9.17, 15) is 0 Å². The van der Waals surface area contributed by atoms with Crippen LogP contribution in [0.2, 0.25) is 0 Å². The molecule has 2 saturated heterocycles. The molecule has 0 saturated carbocycles. The van der Waals surface area contributed by atoms with Crippen molar-refractivity contribution < 1.29 is 14.2 Å². The van der Waals surface area contributed by atoms with Crippen molar-refractivity contribution in [3.63, 3.8) is 0 Å². The van der Waals surface area contributed by atoms with Crippen molar-refractivity contribution in [2.24, 2.45) is 5.73 Å². The number of ether oxygens (including phenoxy) is 3. The van der Waals surface area contributed by atoms with E-state index in [2.05, 4.69) is 0 Å². The van der Waals surface area contributed by atoms with E-state index in [1.165, 1.54) is 0 Å². The Morgan fingerprint density at radius 3 is 2.60 bits per heavy atom. The monoisotopic (exact) mass is 215 g/mol. The van der Waals surface area contributed by atoms with Gasteiger partial charge in [0, 0.05) is 39.2 Å². The lowest BCUT2D eigenvalue weighted by molar-refractivity contribution is -0.165. The average molecular weight is 215 g/mol. The van der Waals surface area contributed by atoms with E-state index in [4.69, 9.17) is 19.9 Å².